The smallest absolute Gasteiger partial charge is 0.253 e. The van der Waals surface area contributed by atoms with Crippen LogP contribution in [-0.2, 0) is 11.2 Å². The first-order chi connectivity index (χ1) is 14.0. The summed E-state index contributed by atoms with van der Waals surface area (Å²) in [6.07, 6.45) is 2.95. The minimum atomic E-state index is 0. The molecule has 0 aliphatic carbocycles. The third-order valence-electron chi connectivity index (χ3n) is 5.01. The van der Waals surface area contributed by atoms with E-state index >= 15 is 0 Å². The summed E-state index contributed by atoms with van der Waals surface area (Å²) in [5, 5.41) is 6.79. The quantitative estimate of drug-likeness (QED) is 0.282. The van der Waals surface area contributed by atoms with E-state index in [-0.39, 0.29) is 34.6 Å². The number of rotatable bonds is 9. The minimum Gasteiger partial charge on any atom is -0.381 e. The zero-order valence-corrected chi connectivity index (χ0v) is 21.8. The highest BCUT2D eigenvalue weighted by Crippen LogP contribution is 2.35. The van der Waals surface area contributed by atoms with Crippen molar-refractivity contribution in [3.63, 3.8) is 0 Å². The maximum absolute atomic E-state index is 12.2. The summed E-state index contributed by atoms with van der Waals surface area (Å²) < 4.78 is 5.75. The highest BCUT2D eigenvalue weighted by molar-refractivity contribution is 14.0. The SMILES string of the molecule is CCNC(=NCC1(SCC)CCOCC1)NCCc1cccc(C(=O)N(C)C)c1.I. The molecule has 0 bridgehead atoms. The van der Waals surface area contributed by atoms with Crippen LogP contribution in [0.5, 0.6) is 0 Å². The number of aliphatic imine (C=N–C) groups is 1. The number of hydrogen-bond donors (Lipinski definition) is 2. The molecule has 8 heteroatoms. The number of halogens is 1. The molecule has 0 atom stereocenters. The first kappa shape index (κ1) is 27.0. The van der Waals surface area contributed by atoms with Crippen molar-refractivity contribution in [2.75, 3.05) is 52.7 Å². The second kappa shape index (κ2) is 14.1. The Balaban J connectivity index is 0.00000450. The Morgan fingerprint density at radius 1 is 1.23 bits per heavy atom. The van der Waals surface area contributed by atoms with E-state index in [4.69, 9.17) is 9.73 Å². The predicted octanol–water partition coefficient (Wildman–Crippen LogP) is 3.41. The molecule has 0 radical (unpaired) electrons. The molecule has 1 aromatic rings. The maximum atomic E-state index is 12.2. The Hall–Kier alpha value is -1.00. The van der Waals surface area contributed by atoms with Gasteiger partial charge in [0.2, 0.25) is 0 Å². The lowest BCUT2D eigenvalue weighted by atomic mass is 9.99. The van der Waals surface area contributed by atoms with Gasteiger partial charge in [0.05, 0.1) is 6.54 Å². The van der Waals surface area contributed by atoms with Crippen LogP contribution in [0.1, 0.15) is 42.6 Å². The van der Waals surface area contributed by atoms with Crippen LogP contribution in [0.3, 0.4) is 0 Å². The molecule has 0 spiro atoms. The number of nitrogens with zero attached hydrogens (tertiary/aromatic N) is 2. The lowest BCUT2D eigenvalue weighted by Crippen LogP contribution is -2.41. The van der Waals surface area contributed by atoms with Crippen molar-refractivity contribution in [3.05, 3.63) is 35.4 Å². The van der Waals surface area contributed by atoms with Gasteiger partial charge in [-0.1, -0.05) is 19.1 Å². The molecule has 1 saturated heterocycles. The Bertz CT molecular complexity index is 673. The number of nitrogens with one attached hydrogen (secondary N) is 2. The van der Waals surface area contributed by atoms with E-state index in [2.05, 4.69) is 30.5 Å². The van der Waals surface area contributed by atoms with Crippen molar-refractivity contribution < 1.29 is 9.53 Å². The van der Waals surface area contributed by atoms with E-state index in [9.17, 15) is 4.79 Å². The topological polar surface area (TPSA) is 66.0 Å². The molecule has 0 unspecified atom stereocenters. The Labute approximate surface area is 203 Å². The molecule has 170 valence electrons. The summed E-state index contributed by atoms with van der Waals surface area (Å²) in [6.45, 7) is 8.35. The van der Waals surface area contributed by atoms with Crippen LogP contribution in [0.4, 0.5) is 0 Å². The first-order valence-corrected chi connectivity index (χ1v) is 11.5. The van der Waals surface area contributed by atoms with E-state index < -0.39 is 0 Å². The molecule has 1 fully saturated rings. The highest BCUT2D eigenvalue weighted by Gasteiger charge is 2.32. The fourth-order valence-electron chi connectivity index (χ4n) is 3.41. The fourth-order valence-corrected chi connectivity index (χ4v) is 4.63. The average Bonchev–Trinajstić information content (AvgIpc) is 2.72. The second-order valence-electron chi connectivity index (χ2n) is 7.50. The molecule has 1 heterocycles. The second-order valence-corrected chi connectivity index (χ2v) is 9.23. The third-order valence-corrected chi connectivity index (χ3v) is 6.45. The molecule has 6 nitrogen and oxygen atoms in total. The number of carbonyl (C=O) groups is 1. The van der Waals surface area contributed by atoms with Gasteiger partial charge >= 0.3 is 0 Å². The van der Waals surface area contributed by atoms with E-state index in [0.29, 0.717) is 0 Å². The van der Waals surface area contributed by atoms with Crippen molar-refractivity contribution >= 4 is 47.6 Å². The molecular weight excluding hydrogens is 511 g/mol. The number of hydrogen-bond acceptors (Lipinski definition) is 4. The zero-order chi connectivity index (χ0) is 21.1. The van der Waals surface area contributed by atoms with E-state index in [0.717, 1.165) is 74.9 Å². The minimum absolute atomic E-state index is 0. The number of ether oxygens (including phenoxy) is 1. The first-order valence-electron chi connectivity index (χ1n) is 10.5. The van der Waals surface area contributed by atoms with Gasteiger partial charge in [0.1, 0.15) is 0 Å². The number of benzene rings is 1. The van der Waals surface area contributed by atoms with Gasteiger partial charge < -0.3 is 20.3 Å². The molecule has 1 aromatic carbocycles. The fraction of sp³-hybridized carbons (Fsp3) is 0.636. The van der Waals surface area contributed by atoms with Crippen molar-refractivity contribution in [3.8, 4) is 0 Å². The highest BCUT2D eigenvalue weighted by atomic mass is 127. The molecule has 1 amide bonds. The van der Waals surface area contributed by atoms with Crippen molar-refractivity contribution in [1.82, 2.24) is 15.5 Å². The summed E-state index contributed by atoms with van der Waals surface area (Å²) in [7, 11) is 3.55. The van der Waals surface area contributed by atoms with Crippen LogP contribution in [-0.4, -0.2) is 74.2 Å². The molecule has 0 saturated carbocycles. The Kier molecular flexibility index (Phi) is 12.7. The van der Waals surface area contributed by atoms with Gasteiger partial charge in [0.15, 0.2) is 5.96 Å². The van der Waals surface area contributed by atoms with Gasteiger partial charge in [-0.3, -0.25) is 9.79 Å². The van der Waals surface area contributed by atoms with Crippen LogP contribution in [0, 0.1) is 0 Å². The van der Waals surface area contributed by atoms with Crippen LogP contribution in [0.15, 0.2) is 29.3 Å². The van der Waals surface area contributed by atoms with Crippen LogP contribution < -0.4 is 10.6 Å². The van der Waals surface area contributed by atoms with Crippen molar-refractivity contribution in [2.45, 2.75) is 37.9 Å². The largest absolute Gasteiger partial charge is 0.381 e. The van der Waals surface area contributed by atoms with Crippen molar-refractivity contribution in [1.29, 1.82) is 0 Å². The maximum Gasteiger partial charge on any atom is 0.253 e. The molecule has 30 heavy (non-hydrogen) atoms. The zero-order valence-electron chi connectivity index (χ0n) is 18.7. The van der Waals surface area contributed by atoms with Crippen LogP contribution in [0.2, 0.25) is 0 Å². The monoisotopic (exact) mass is 548 g/mol. The molecule has 2 N–H and O–H groups in total. The summed E-state index contributed by atoms with van der Waals surface area (Å²) in [4.78, 5) is 18.6. The standard InChI is InChI=1S/C22H36N4O2S.HI/c1-5-23-21(25-17-22(29-6-2)11-14-28-15-12-22)24-13-10-18-8-7-9-19(16-18)20(27)26(3)4;/h7-9,16H,5-6,10-15,17H2,1-4H3,(H2,23,24,25);1H. The summed E-state index contributed by atoms with van der Waals surface area (Å²) in [5.41, 5.74) is 1.87. The van der Waals surface area contributed by atoms with Gasteiger partial charge in [-0.05, 0) is 49.6 Å². The van der Waals surface area contributed by atoms with Crippen LogP contribution >= 0.6 is 35.7 Å². The van der Waals surface area contributed by atoms with Gasteiger partial charge in [-0.25, -0.2) is 0 Å². The van der Waals surface area contributed by atoms with Crippen LogP contribution in [0.25, 0.3) is 0 Å². The molecular formula is C22H37IN4O2S. The summed E-state index contributed by atoms with van der Waals surface area (Å²) in [5.74, 6) is 1.99. The predicted molar refractivity (Wildman–Crippen MR) is 138 cm³/mol. The molecule has 1 aliphatic heterocycles. The normalized spacial score (nSPS) is 15.8. The average molecular weight is 549 g/mol. The van der Waals surface area contributed by atoms with Gasteiger partial charge in [-0.2, -0.15) is 11.8 Å². The number of thioether (sulfide) groups is 1. The van der Waals surface area contributed by atoms with Gasteiger partial charge in [0, 0.05) is 50.7 Å². The number of carbonyl (C=O) groups excluding carboxylic acids is 1. The Morgan fingerprint density at radius 3 is 2.60 bits per heavy atom. The van der Waals surface area contributed by atoms with E-state index in [1.165, 1.54) is 0 Å². The van der Waals surface area contributed by atoms with Gasteiger partial charge in [-0.15, -0.1) is 24.0 Å². The molecule has 0 aromatic heterocycles. The summed E-state index contributed by atoms with van der Waals surface area (Å²) >= 11 is 2.01. The molecule has 2 rings (SSSR count). The summed E-state index contributed by atoms with van der Waals surface area (Å²) in [6, 6.07) is 7.85. The third kappa shape index (κ3) is 8.63. The van der Waals surface area contributed by atoms with Gasteiger partial charge in [0.25, 0.3) is 5.91 Å². The lowest BCUT2D eigenvalue weighted by Gasteiger charge is -2.35. The molecule has 1 aliphatic rings. The number of guanidine groups is 1. The Morgan fingerprint density at radius 2 is 1.97 bits per heavy atom. The van der Waals surface area contributed by atoms with E-state index in [1.807, 2.05) is 30.0 Å². The van der Waals surface area contributed by atoms with Crippen molar-refractivity contribution in [2.24, 2.45) is 4.99 Å². The van der Waals surface area contributed by atoms with E-state index in [1.54, 1.807) is 19.0 Å². The number of amides is 1. The lowest BCUT2D eigenvalue weighted by molar-refractivity contribution is 0.0793.